The molecule has 2 aromatic carbocycles. The van der Waals surface area contributed by atoms with Gasteiger partial charge in [0.1, 0.15) is 17.8 Å². The van der Waals surface area contributed by atoms with Crippen molar-refractivity contribution in [3.63, 3.8) is 0 Å². The molecule has 2 aliphatic heterocycles. The maximum atomic E-state index is 13.9. The summed E-state index contributed by atoms with van der Waals surface area (Å²) in [5.41, 5.74) is 4.46. The molecule has 4 aromatic rings. The zero-order valence-electron chi connectivity index (χ0n) is 20.9. The number of aromatic amines is 1. The number of amides is 3. The number of H-pyrrole nitrogens is 1. The van der Waals surface area contributed by atoms with Crippen LogP contribution in [-0.4, -0.2) is 51.7 Å². The Labute approximate surface area is 224 Å². The summed E-state index contributed by atoms with van der Waals surface area (Å²) in [5, 5.41) is 6.90. The van der Waals surface area contributed by atoms with Crippen LogP contribution < -0.4 is 10.6 Å². The number of hydrogen-bond acceptors (Lipinski definition) is 5. The molecule has 2 aliphatic rings. The lowest BCUT2D eigenvalue weighted by atomic mass is 9.89. The highest BCUT2D eigenvalue weighted by Crippen LogP contribution is 2.46. The first-order valence-electron chi connectivity index (χ1n) is 12.7. The monoisotopic (exact) mass is 528 g/mol. The van der Waals surface area contributed by atoms with Crippen LogP contribution >= 0.6 is 11.8 Å². The number of thioether (sulfide) groups is 1. The number of nitrogens with zero attached hydrogens (tertiary/aromatic N) is 1. The topological polar surface area (TPSA) is 107 Å². The number of benzene rings is 2. The lowest BCUT2D eigenvalue weighted by Gasteiger charge is -2.37. The Bertz CT molecular complexity index is 1510. The summed E-state index contributed by atoms with van der Waals surface area (Å²) < 4.78 is 5.32. The maximum Gasteiger partial charge on any atom is 0.255 e. The highest BCUT2D eigenvalue weighted by Gasteiger charge is 2.49. The summed E-state index contributed by atoms with van der Waals surface area (Å²) in [6.07, 6.45) is 4.35. The number of fused-ring (bicyclic) bond motifs is 7. The van der Waals surface area contributed by atoms with Crippen molar-refractivity contribution in [1.29, 1.82) is 0 Å². The van der Waals surface area contributed by atoms with Gasteiger partial charge in [0, 0.05) is 28.6 Å². The van der Waals surface area contributed by atoms with Gasteiger partial charge in [0.25, 0.3) is 5.91 Å². The molecule has 4 heterocycles. The van der Waals surface area contributed by atoms with Crippen molar-refractivity contribution in [2.45, 2.75) is 37.5 Å². The summed E-state index contributed by atoms with van der Waals surface area (Å²) in [4.78, 5) is 45.8. The highest BCUT2D eigenvalue weighted by atomic mass is 32.2. The van der Waals surface area contributed by atoms with Crippen molar-refractivity contribution < 1.29 is 18.8 Å². The molecule has 0 aliphatic carbocycles. The number of furan rings is 1. The van der Waals surface area contributed by atoms with Crippen LogP contribution in [0.2, 0.25) is 0 Å². The molecule has 3 atom stereocenters. The highest BCUT2D eigenvalue weighted by molar-refractivity contribution is 7.98. The zero-order chi connectivity index (χ0) is 26.2. The van der Waals surface area contributed by atoms with Crippen molar-refractivity contribution in [1.82, 2.24) is 20.5 Å². The Kier molecular flexibility index (Phi) is 6.45. The van der Waals surface area contributed by atoms with E-state index >= 15 is 0 Å². The number of hydrogen-bond donors (Lipinski definition) is 3. The summed E-state index contributed by atoms with van der Waals surface area (Å²) >= 11 is 1.61. The van der Waals surface area contributed by atoms with E-state index in [1.807, 2.05) is 54.8 Å². The first kappa shape index (κ1) is 24.4. The number of rotatable bonds is 8. The second-order valence-corrected chi connectivity index (χ2v) is 10.6. The molecule has 6 rings (SSSR count). The quantitative estimate of drug-likeness (QED) is 0.323. The lowest BCUT2D eigenvalue weighted by Crippen LogP contribution is -2.56. The van der Waals surface area contributed by atoms with Crippen molar-refractivity contribution >= 4 is 40.4 Å². The van der Waals surface area contributed by atoms with E-state index in [4.69, 9.17) is 4.42 Å². The largest absolute Gasteiger partial charge is 0.467 e. The van der Waals surface area contributed by atoms with Gasteiger partial charge in [-0.3, -0.25) is 14.4 Å². The van der Waals surface area contributed by atoms with Gasteiger partial charge in [-0.05, 0) is 53.8 Å². The first-order chi connectivity index (χ1) is 18.6. The van der Waals surface area contributed by atoms with Crippen molar-refractivity contribution in [2.75, 3.05) is 12.0 Å². The third-order valence-corrected chi connectivity index (χ3v) is 8.06. The fraction of sp³-hybridized carbons (Fsp3) is 0.276. The van der Waals surface area contributed by atoms with E-state index in [0.29, 0.717) is 29.9 Å². The van der Waals surface area contributed by atoms with Crippen LogP contribution in [0.5, 0.6) is 0 Å². The molecule has 2 aromatic heterocycles. The molecule has 38 heavy (non-hydrogen) atoms. The van der Waals surface area contributed by atoms with Gasteiger partial charge in [-0.25, -0.2) is 0 Å². The fourth-order valence-electron chi connectivity index (χ4n) is 5.62. The number of nitrogens with one attached hydrogen (secondary N) is 3. The first-order valence-corrected chi connectivity index (χ1v) is 14.1. The average molecular weight is 529 g/mol. The lowest BCUT2D eigenvalue weighted by molar-refractivity contribution is -0.132. The Morgan fingerprint density at radius 2 is 1.95 bits per heavy atom. The van der Waals surface area contributed by atoms with E-state index in [2.05, 4.69) is 15.6 Å². The smallest absolute Gasteiger partial charge is 0.255 e. The minimum absolute atomic E-state index is 0.169. The number of carbonyl (C=O) groups is 3. The van der Waals surface area contributed by atoms with E-state index in [1.54, 1.807) is 35.1 Å². The van der Waals surface area contributed by atoms with Gasteiger partial charge in [0.15, 0.2) is 0 Å². The second kappa shape index (κ2) is 10.1. The van der Waals surface area contributed by atoms with Crippen LogP contribution in [0.1, 0.15) is 45.4 Å². The molecular formula is C29H28N4O4S. The molecular weight excluding hydrogens is 500 g/mol. The molecule has 0 saturated carbocycles. The Morgan fingerprint density at radius 3 is 2.76 bits per heavy atom. The van der Waals surface area contributed by atoms with E-state index in [0.717, 1.165) is 27.7 Å². The van der Waals surface area contributed by atoms with Gasteiger partial charge in [-0.1, -0.05) is 36.4 Å². The van der Waals surface area contributed by atoms with Crippen molar-refractivity contribution in [2.24, 2.45) is 0 Å². The van der Waals surface area contributed by atoms with Gasteiger partial charge in [-0.2, -0.15) is 11.8 Å². The SMILES string of the molecule is CSCC[C@H](NC(=O)[C@H]1Cc2c([nH]c3ccccc23)[C@@H]2c3ccccc3C(=O)N21)C(=O)NCc1ccco1. The Balaban J connectivity index is 1.32. The summed E-state index contributed by atoms with van der Waals surface area (Å²) in [7, 11) is 0. The van der Waals surface area contributed by atoms with Gasteiger partial charge in [0.05, 0.1) is 18.8 Å². The number of para-hydroxylation sites is 1. The van der Waals surface area contributed by atoms with Crippen LogP contribution in [0.15, 0.2) is 71.3 Å². The normalized spacial score (nSPS) is 18.6. The van der Waals surface area contributed by atoms with Gasteiger partial charge in [-0.15, -0.1) is 0 Å². The predicted octanol–water partition coefficient (Wildman–Crippen LogP) is 3.79. The van der Waals surface area contributed by atoms with Crippen molar-refractivity contribution in [3.05, 3.63) is 95.1 Å². The standard InChI is InChI=1S/C29H28N4O4S/c1-38-14-12-23(27(34)30-16-17-7-6-13-37-17)32-28(35)24-15-21-18-8-4-5-11-22(18)31-25(21)26-19-9-2-3-10-20(19)29(36)33(24)26/h2-11,13,23-24,26,31H,12,14-16H2,1H3,(H,30,34)(H,32,35)/t23-,24+,26-/m0/s1. The molecule has 194 valence electrons. The van der Waals surface area contributed by atoms with Crippen LogP contribution in [0, 0.1) is 0 Å². The van der Waals surface area contributed by atoms with E-state index in [1.165, 1.54) is 0 Å². The van der Waals surface area contributed by atoms with E-state index < -0.39 is 12.1 Å². The van der Waals surface area contributed by atoms with E-state index in [9.17, 15) is 14.4 Å². The fourth-order valence-corrected chi connectivity index (χ4v) is 6.09. The summed E-state index contributed by atoms with van der Waals surface area (Å²) in [6.45, 7) is 0.238. The van der Waals surface area contributed by atoms with E-state index in [-0.39, 0.29) is 30.3 Å². The van der Waals surface area contributed by atoms with Crippen LogP contribution in [0.3, 0.4) is 0 Å². The Hall–Kier alpha value is -3.98. The predicted molar refractivity (Wildman–Crippen MR) is 146 cm³/mol. The van der Waals surface area contributed by atoms with Gasteiger partial charge >= 0.3 is 0 Å². The van der Waals surface area contributed by atoms with Crippen LogP contribution in [0.25, 0.3) is 10.9 Å². The second-order valence-electron chi connectivity index (χ2n) is 9.62. The van der Waals surface area contributed by atoms with Gasteiger partial charge in [0.2, 0.25) is 11.8 Å². The summed E-state index contributed by atoms with van der Waals surface area (Å²) in [5.74, 6) is 0.563. The maximum absolute atomic E-state index is 13.9. The number of aromatic nitrogens is 1. The third-order valence-electron chi connectivity index (χ3n) is 7.42. The molecule has 0 bridgehead atoms. The number of carbonyl (C=O) groups excluding carboxylic acids is 3. The van der Waals surface area contributed by atoms with Crippen LogP contribution in [0.4, 0.5) is 0 Å². The molecule has 0 saturated heterocycles. The molecule has 8 nitrogen and oxygen atoms in total. The third kappa shape index (κ3) is 4.16. The minimum atomic E-state index is -0.749. The van der Waals surface area contributed by atoms with Gasteiger partial charge < -0.3 is 24.9 Å². The molecule has 0 spiro atoms. The van der Waals surface area contributed by atoms with Crippen LogP contribution in [-0.2, 0) is 22.6 Å². The minimum Gasteiger partial charge on any atom is -0.467 e. The molecule has 9 heteroatoms. The Morgan fingerprint density at radius 1 is 1.13 bits per heavy atom. The molecule has 3 N–H and O–H groups in total. The molecule has 0 unspecified atom stereocenters. The summed E-state index contributed by atoms with van der Waals surface area (Å²) in [6, 6.07) is 17.2. The average Bonchev–Trinajstić information content (AvgIpc) is 3.66. The molecule has 0 fully saturated rings. The molecule has 0 radical (unpaired) electrons. The van der Waals surface area contributed by atoms with Crippen molar-refractivity contribution in [3.8, 4) is 0 Å². The molecule has 3 amide bonds. The zero-order valence-corrected chi connectivity index (χ0v) is 21.7.